The maximum Gasteiger partial charge on any atom is 0.337 e. The van der Waals surface area contributed by atoms with Crippen molar-refractivity contribution in [2.45, 2.75) is 33.1 Å². The van der Waals surface area contributed by atoms with Gasteiger partial charge in [-0.1, -0.05) is 36.2 Å². The zero-order chi connectivity index (χ0) is 15.8. The van der Waals surface area contributed by atoms with Gasteiger partial charge in [-0.2, -0.15) is 0 Å². The number of carbonyl (C=O) groups is 2. The minimum Gasteiger partial charge on any atom is -0.478 e. The van der Waals surface area contributed by atoms with Gasteiger partial charge in [0.1, 0.15) is 0 Å². The summed E-state index contributed by atoms with van der Waals surface area (Å²) in [6.45, 7) is 4.16. The minimum atomic E-state index is -1.07. The summed E-state index contributed by atoms with van der Waals surface area (Å²) in [6, 6.07) is 3.21. The number of hydrogen-bond acceptors (Lipinski definition) is 2. The molecule has 114 valence electrons. The second kappa shape index (κ2) is 6.08. The van der Waals surface area contributed by atoms with Crippen LogP contribution in [0.3, 0.4) is 0 Å². The molecule has 0 bridgehead atoms. The Hall–Kier alpha value is -0.880. The highest BCUT2D eigenvalue weighted by atomic mass is 79.9. The van der Waals surface area contributed by atoms with Crippen LogP contribution in [0.5, 0.6) is 0 Å². The van der Waals surface area contributed by atoms with Crippen LogP contribution in [0, 0.1) is 11.3 Å². The second-order valence-corrected chi connectivity index (χ2v) is 7.81. The molecule has 4 nitrogen and oxygen atoms in total. The number of halogens is 2. The molecule has 6 heteroatoms. The zero-order valence-corrected chi connectivity index (χ0v) is 15.0. The monoisotopic (exact) mass is 417 g/mol. The molecule has 21 heavy (non-hydrogen) atoms. The number of carboxylic acid groups (broad SMARTS) is 1. The third-order valence-corrected chi connectivity index (χ3v) is 5.19. The van der Waals surface area contributed by atoms with Gasteiger partial charge in [-0.05, 0) is 46.3 Å². The summed E-state index contributed by atoms with van der Waals surface area (Å²) < 4.78 is 1.20. The lowest BCUT2D eigenvalue weighted by atomic mass is 9.81. The fourth-order valence-electron chi connectivity index (χ4n) is 2.89. The maximum absolute atomic E-state index is 12.5. The average Bonchev–Trinajstić information content (AvgIpc) is 2.71. The van der Waals surface area contributed by atoms with E-state index in [-0.39, 0.29) is 22.8 Å². The number of carboxylic acids is 1. The molecule has 1 atom stereocenters. The van der Waals surface area contributed by atoms with E-state index in [0.717, 1.165) is 19.3 Å². The molecule has 1 unspecified atom stereocenters. The Labute approximate surface area is 140 Å². The molecule has 2 rings (SSSR count). The second-order valence-electron chi connectivity index (χ2n) is 6.04. The van der Waals surface area contributed by atoms with Gasteiger partial charge in [-0.25, -0.2) is 4.79 Å². The number of aromatic carboxylic acids is 1. The largest absolute Gasteiger partial charge is 0.478 e. The Balaban J connectivity index is 2.31. The first-order valence-electron chi connectivity index (χ1n) is 6.75. The fourth-order valence-corrected chi connectivity index (χ4v) is 4.22. The number of hydrogen-bond donors (Lipinski definition) is 2. The van der Waals surface area contributed by atoms with E-state index in [2.05, 4.69) is 51.0 Å². The Morgan fingerprint density at radius 2 is 2.00 bits per heavy atom. The number of rotatable bonds is 3. The van der Waals surface area contributed by atoms with Crippen molar-refractivity contribution in [2.24, 2.45) is 11.3 Å². The van der Waals surface area contributed by atoms with Gasteiger partial charge >= 0.3 is 5.97 Å². The molecule has 1 saturated carbocycles. The van der Waals surface area contributed by atoms with Crippen LogP contribution in [-0.4, -0.2) is 17.0 Å². The van der Waals surface area contributed by atoms with Crippen molar-refractivity contribution in [3.63, 3.8) is 0 Å². The lowest BCUT2D eigenvalue weighted by molar-refractivity contribution is -0.122. The summed E-state index contributed by atoms with van der Waals surface area (Å²) >= 11 is 6.58. The van der Waals surface area contributed by atoms with E-state index >= 15 is 0 Å². The minimum absolute atomic E-state index is 0.0463. The molecule has 1 aromatic carbocycles. The average molecular weight is 419 g/mol. The van der Waals surface area contributed by atoms with E-state index in [9.17, 15) is 14.7 Å². The zero-order valence-electron chi connectivity index (χ0n) is 11.9. The van der Waals surface area contributed by atoms with Crippen LogP contribution in [0.15, 0.2) is 21.1 Å². The Morgan fingerprint density at radius 1 is 1.33 bits per heavy atom. The van der Waals surface area contributed by atoms with Gasteiger partial charge in [0.05, 0.1) is 11.3 Å². The maximum atomic E-state index is 12.5. The van der Waals surface area contributed by atoms with Crippen molar-refractivity contribution in [1.82, 2.24) is 0 Å². The van der Waals surface area contributed by atoms with Gasteiger partial charge in [-0.15, -0.1) is 0 Å². The van der Waals surface area contributed by atoms with E-state index in [1.54, 1.807) is 6.07 Å². The molecule has 0 aromatic heterocycles. The highest BCUT2D eigenvalue weighted by molar-refractivity contribution is 9.11. The highest BCUT2D eigenvalue weighted by Crippen LogP contribution is 2.43. The first-order chi connectivity index (χ1) is 9.72. The molecule has 1 aliphatic rings. The van der Waals surface area contributed by atoms with Gasteiger partial charge in [-0.3, -0.25) is 4.79 Å². The van der Waals surface area contributed by atoms with Crippen molar-refractivity contribution < 1.29 is 14.7 Å². The van der Waals surface area contributed by atoms with E-state index in [1.165, 1.54) is 6.07 Å². The molecule has 0 aliphatic heterocycles. The van der Waals surface area contributed by atoms with Crippen molar-refractivity contribution in [3.8, 4) is 0 Å². The molecule has 0 radical (unpaired) electrons. The van der Waals surface area contributed by atoms with Crippen LogP contribution < -0.4 is 5.32 Å². The smallest absolute Gasteiger partial charge is 0.337 e. The molecule has 1 fully saturated rings. The summed E-state index contributed by atoms with van der Waals surface area (Å²) in [5.41, 5.74) is 0.341. The number of amides is 1. The SMILES string of the molecule is CC1(C)CCCC1C(=O)Nc1c(Br)cc(Br)cc1C(=O)O. The van der Waals surface area contributed by atoms with Crippen molar-refractivity contribution in [1.29, 1.82) is 0 Å². The molecule has 0 heterocycles. The van der Waals surface area contributed by atoms with Gasteiger partial charge in [0.2, 0.25) is 5.91 Å². The first-order valence-corrected chi connectivity index (χ1v) is 8.34. The Kier molecular flexibility index (Phi) is 4.78. The van der Waals surface area contributed by atoms with E-state index in [4.69, 9.17) is 0 Å². The van der Waals surface area contributed by atoms with Crippen molar-refractivity contribution in [2.75, 3.05) is 5.32 Å². The lowest BCUT2D eigenvalue weighted by Gasteiger charge is -2.26. The van der Waals surface area contributed by atoms with E-state index in [0.29, 0.717) is 14.6 Å². The van der Waals surface area contributed by atoms with Gasteiger partial charge < -0.3 is 10.4 Å². The highest BCUT2D eigenvalue weighted by Gasteiger charge is 2.39. The third kappa shape index (κ3) is 3.48. The van der Waals surface area contributed by atoms with Crippen LogP contribution in [-0.2, 0) is 4.79 Å². The number of nitrogens with one attached hydrogen (secondary N) is 1. The van der Waals surface area contributed by atoms with E-state index in [1.807, 2.05) is 0 Å². The molecule has 1 aliphatic carbocycles. The van der Waals surface area contributed by atoms with Gasteiger partial charge in [0.25, 0.3) is 0 Å². The molecule has 1 aromatic rings. The number of anilines is 1. The third-order valence-electron chi connectivity index (χ3n) is 4.11. The van der Waals surface area contributed by atoms with E-state index < -0.39 is 5.97 Å². The number of carbonyl (C=O) groups excluding carboxylic acids is 1. The van der Waals surface area contributed by atoms with Crippen LogP contribution in [0.2, 0.25) is 0 Å². The van der Waals surface area contributed by atoms with Crippen LogP contribution >= 0.6 is 31.9 Å². The topological polar surface area (TPSA) is 66.4 Å². The summed E-state index contributed by atoms with van der Waals surface area (Å²) in [5.74, 6) is -1.27. The van der Waals surface area contributed by atoms with Crippen molar-refractivity contribution in [3.05, 3.63) is 26.6 Å². The first kappa shape index (κ1) is 16.5. The molecular weight excluding hydrogens is 402 g/mol. The predicted molar refractivity (Wildman–Crippen MR) is 88.6 cm³/mol. The molecule has 0 spiro atoms. The standard InChI is InChI=1S/C15H17Br2NO3/c1-15(2)5-3-4-10(15)13(19)18-12-9(14(20)21)6-8(16)7-11(12)17/h6-7,10H,3-5H2,1-2H3,(H,18,19)(H,20,21). The summed E-state index contributed by atoms with van der Waals surface area (Å²) in [4.78, 5) is 23.9. The normalized spacial score (nSPS) is 20.3. The number of benzene rings is 1. The van der Waals surface area contributed by atoms with Gasteiger partial charge in [0.15, 0.2) is 0 Å². The summed E-state index contributed by atoms with van der Waals surface area (Å²) in [6.07, 6.45) is 2.88. The predicted octanol–water partition coefficient (Wildman–Crippen LogP) is 4.67. The fraction of sp³-hybridized carbons (Fsp3) is 0.467. The van der Waals surface area contributed by atoms with Crippen LogP contribution in [0.4, 0.5) is 5.69 Å². The van der Waals surface area contributed by atoms with Crippen molar-refractivity contribution >= 4 is 49.4 Å². The summed E-state index contributed by atoms with van der Waals surface area (Å²) in [5, 5.41) is 12.1. The quantitative estimate of drug-likeness (QED) is 0.749. The van der Waals surface area contributed by atoms with Crippen LogP contribution in [0.1, 0.15) is 43.5 Å². The molecule has 2 N–H and O–H groups in total. The lowest BCUT2D eigenvalue weighted by Crippen LogP contribution is -2.31. The molecule has 1 amide bonds. The Bertz CT molecular complexity index is 599. The molecule has 0 saturated heterocycles. The van der Waals surface area contributed by atoms with Crippen LogP contribution in [0.25, 0.3) is 0 Å². The molecular formula is C15H17Br2NO3. The summed E-state index contributed by atoms with van der Waals surface area (Å²) in [7, 11) is 0. The van der Waals surface area contributed by atoms with Gasteiger partial charge in [0, 0.05) is 14.9 Å². The Morgan fingerprint density at radius 3 is 2.52 bits per heavy atom.